The molecule has 16 nitrogen and oxygen atoms in total. The predicted molar refractivity (Wildman–Crippen MR) is 194 cm³/mol. The van der Waals surface area contributed by atoms with E-state index < -0.39 is 90.4 Å². The number of unbranched alkanes of at least 4 members (excludes halogenated alkanes) is 2. The molecule has 296 valence electrons. The van der Waals surface area contributed by atoms with Crippen LogP contribution in [0.3, 0.4) is 0 Å². The van der Waals surface area contributed by atoms with Crippen LogP contribution in [0.15, 0.2) is 0 Å². The molecule has 1 heterocycles. The Kier molecular flexibility index (Phi) is 21.2. The summed E-state index contributed by atoms with van der Waals surface area (Å²) in [5, 5.41) is 27.7. The van der Waals surface area contributed by atoms with E-state index in [1.807, 2.05) is 13.8 Å². The van der Waals surface area contributed by atoms with Crippen molar-refractivity contribution >= 4 is 47.3 Å². The molecule has 1 aliphatic heterocycles. The Morgan fingerprint density at radius 2 is 1.54 bits per heavy atom. The largest absolute Gasteiger partial charge is 0.481 e. The van der Waals surface area contributed by atoms with Crippen LogP contribution in [0.4, 0.5) is 0 Å². The van der Waals surface area contributed by atoms with E-state index in [0.717, 1.165) is 25.7 Å². The van der Waals surface area contributed by atoms with Crippen LogP contribution >= 0.6 is 0 Å². The normalized spacial score (nSPS) is 23.7. The SMILES string of the molecule is CCC(C)CNC(=O)[C@@H]1CC(=O)NCCCC[C@H](NC(=O)CCCCCC(C)C)C(=O)N[C@@H](C(C)C)C(=O)N[C@@H](C)C(=O)N[C@@H](CC(=O)O)C(=O)N1. The average molecular weight is 738 g/mol. The highest BCUT2D eigenvalue weighted by molar-refractivity contribution is 5.98. The molecule has 52 heavy (non-hydrogen) atoms. The number of carboxylic acids is 1. The van der Waals surface area contributed by atoms with Gasteiger partial charge in [0.1, 0.15) is 30.2 Å². The second-order valence-electron chi connectivity index (χ2n) is 14.6. The van der Waals surface area contributed by atoms with E-state index >= 15 is 0 Å². The summed E-state index contributed by atoms with van der Waals surface area (Å²) in [6.45, 7) is 13.3. The summed E-state index contributed by atoms with van der Waals surface area (Å²) in [5.74, 6) is -5.86. The summed E-state index contributed by atoms with van der Waals surface area (Å²) in [4.78, 5) is 104. The minimum Gasteiger partial charge on any atom is -0.481 e. The quantitative estimate of drug-likeness (QED) is 0.119. The smallest absolute Gasteiger partial charge is 0.305 e. The fourth-order valence-electron chi connectivity index (χ4n) is 5.37. The Balaban J connectivity index is 3.31. The summed E-state index contributed by atoms with van der Waals surface area (Å²) >= 11 is 0. The van der Waals surface area contributed by atoms with E-state index in [2.05, 4.69) is 51.1 Å². The summed E-state index contributed by atoms with van der Waals surface area (Å²) in [7, 11) is 0. The van der Waals surface area contributed by atoms with Crippen molar-refractivity contribution in [1.82, 2.24) is 37.2 Å². The molecule has 1 aliphatic rings. The molecular weight excluding hydrogens is 674 g/mol. The van der Waals surface area contributed by atoms with E-state index in [1.165, 1.54) is 6.92 Å². The van der Waals surface area contributed by atoms with Gasteiger partial charge in [0.15, 0.2) is 0 Å². The molecule has 0 aromatic carbocycles. The van der Waals surface area contributed by atoms with Gasteiger partial charge in [-0.05, 0) is 50.4 Å². The van der Waals surface area contributed by atoms with Crippen molar-refractivity contribution in [3.63, 3.8) is 0 Å². The van der Waals surface area contributed by atoms with Crippen LogP contribution in [0.25, 0.3) is 0 Å². The molecule has 1 saturated heterocycles. The molecule has 1 unspecified atom stereocenters. The molecule has 8 N–H and O–H groups in total. The molecule has 0 aromatic heterocycles. The molecule has 0 bridgehead atoms. The van der Waals surface area contributed by atoms with Crippen LogP contribution in [-0.2, 0) is 38.4 Å². The highest BCUT2D eigenvalue weighted by Gasteiger charge is 2.33. The maximum atomic E-state index is 13.5. The van der Waals surface area contributed by atoms with Gasteiger partial charge < -0.3 is 42.3 Å². The van der Waals surface area contributed by atoms with Crippen molar-refractivity contribution < 1.29 is 43.5 Å². The van der Waals surface area contributed by atoms with Gasteiger partial charge in [0.25, 0.3) is 0 Å². The minimum atomic E-state index is -1.65. The number of hydrogen-bond acceptors (Lipinski definition) is 8. The summed E-state index contributed by atoms with van der Waals surface area (Å²) in [6, 6.07) is -6.37. The van der Waals surface area contributed by atoms with Gasteiger partial charge >= 0.3 is 5.97 Å². The standard InChI is InChI=1S/C36H63N7O9/c1-8-23(6)20-38-33(49)26-18-29(45)37-17-13-12-15-25(40-28(44)16-11-9-10-14-21(2)3)34(50)43-31(22(4)5)36(52)39-24(7)32(48)41-27(19-30(46)47)35(51)42-26/h21-27,31H,8-20H2,1-7H3,(H,37,45)(H,38,49)(H,39,52)(H,40,44)(H,41,48)(H,42,51)(H,43,50)(H,46,47)/t23?,24-,25-,26-,27-,31-/m0/s1. The zero-order chi connectivity index (χ0) is 39.4. The first-order chi connectivity index (χ1) is 24.4. The lowest BCUT2D eigenvalue weighted by Crippen LogP contribution is -2.60. The number of carboxylic acid groups (broad SMARTS) is 1. The molecule has 6 atom stereocenters. The van der Waals surface area contributed by atoms with Crippen molar-refractivity contribution in [2.24, 2.45) is 17.8 Å². The lowest BCUT2D eigenvalue weighted by Gasteiger charge is -2.27. The Bertz CT molecular complexity index is 1230. The van der Waals surface area contributed by atoms with Crippen LogP contribution in [0.1, 0.15) is 119 Å². The van der Waals surface area contributed by atoms with Crippen LogP contribution in [0.5, 0.6) is 0 Å². The van der Waals surface area contributed by atoms with Gasteiger partial charge in [0.2, 0.25) is 41.4 Å². The molecule has 0 aromatic rings. The van der Waals surface area contributed by atoms with E-state index in [1.54, 1.807) is 13.8 Å². The van der Waals surface area contributed by atoms with Crippen molar-refractivity contribution in [3.8, 4) is 0 Å². The summed E-state index contributed by atoms with van der Waals surface area (Å²) < 4.78 is 0. The van der Waals surface area contributed by atoms with Gasteiger partial charge in [-0.15, -0.1) is 0 Å². The molecule has 7 amide bonds. The predicted octanol–water partition coefficient (Wildman–Crippen LogP) is 1.02. The van der Waals surface area contributed by atoms with Gasteiger partial charge in [-0.3, -0.25) is 38.4 Å². The maximum Gasteiger partial charge on any atom is 0.305 e. The molecule has 0 aliphatic carbocycles. The Morgan fingerprint density at radius 3 is 2.15 bits per heavy atom. The van der Waals surface area contributed by atoms with Crippen LogP contribution in [0.2, 0.25) is 0 Å². The molecule has 1 rings (SSSR count). The van der Waals surface area contributed by atoms with Crippen LogP contribution in [-0.4, -0.2) is 95.7 Å². The molecule has 0 spiro atoms. The van der Waals surface area contributed by atoms with E-state index in [4.69, 9.17) is 0 Å². The lowest BCUT2D eigenvalue weighted by atomic mass is 10.0. The minimum absolute atomic E-state index is 0.109. The van der Waals surface area contributed by atoms with Gasteiger partial charge in [0.05, 0.1) is 12.8 Å². The third-order valence-corrected chi connectivity index (χ3v) is 8.93. The monoisotopic (exact) mass is 737 g/mol. The van der Waals surface area contributed by atoms with Crippen molar-refractivity contribution in [1.29, 1.82) is 0 Å². The zero-order valence-electron chi connectivity index (χ0n) is 32.0. The average Bonchev–Trinajstić information content (AvgIpc) is 3.06. The van der Waals surface area contributed by atoms with Crippen LogP contribution < -0.4 is 37.2 Å². The van der Waals surface area contributed by atoms with Gasteiger partial charge in [0, 0.05) is 19.5 Å². The molecule has 1 fully saturated rings. The van der Waals surface area contributed by atoms with Crippen LogP contribution in [0, 0.1) is 17.8 Å². The topological polar surface area (TPSA) is 241 Å². The maximum absolute atomic E-state index is 13.5. The van der Waals surface area contributed by atoms with E-state index in [9.17, 15) is 43.5 Å². The molecule has 16 heteroatoms. The fourth-order valence-corrected chi connectivity index (χ4v) is 5.37. The number of aliphatic carboxylic acids is 1. The highest BCUT2D eigenvalue weighted by atomic mass is 16.4. The fraction of sp³-hybridized carbons (Fsp3) is 0.778. The lowest BCUT2D eigenvalue weighted by molar-refractivity contribution is -0.141. The number of carbonyl (C=O) groups excluding carboxylic acids is 7. The number of rotatable bonds is 14. The van der Waals surface area contributed by atoms with Gasteiger partial charge in [-0.1, -0.05) is 67.2 Å². The van der Waals surface area contributed by atoms with Crippen molar-refractivity contribution in [2.75, 3.05) is 13.1 Å². The second-order valence-corrected chi connectivity index (χ2v) is 14.6. The van der Waals surface area contributed by atoms with Crippen molar-refractivity contribution in [2.45, 2.75) is 149 Å². The van der Waals surface area contributed by atoms with Gasteiger partial charge in [-0.25, -0.2) is 0 Å². The number of carbonyl (C=O) groups is 8. The molecular formula is C36H63N7O9. The van der Waals surface area contributed by atoms with Gasteiger partial charge in [-0.2, -0.15) is 0 Å². The number of nitrogens with one attached hydrogen (secondary N) is 7. The zero-order valence-corrected chi connectivity index (χ0v) is 32.0. The molecule has 0 saturated carbocycles. The molecule has 0 radical (unpaired) electrons. The highest BCUT2D eigenvalue weighted by Crippen LogP contribution is 2.11. The van der Waals surface area contributed by atoms with E-state index in [0.29, 0.717) is 25.2 Å². The number of amides is 7. The second kappa shape index (κ2) is 24.1. The van der Waals surface area contributed by atoms with Crippen molar-refractivity contribution in [3.05, 3.63) is 0 Å². The first kappa shape index (κ1) is 45.8. The number of hydrogen-bond donors (Lipinski definition) is 8. The van der Waals surface area contributed by atoms with E-state index in [-0.39, 0.29) is 37.8 Å². The first-order valence-corrected chi connectivity index (χ1v) is 18.7. The summed E-state index contributed by atoms with van der Waals surface area (Å²) in [5.41, 5.74) is 0. The third-order valence-electron chi connectivity index (χ3n) is 8.93. The Labute approximate surface area is 307 Å². The third kappa shape index (κ3) is 18.3. The summed E-state index contributed by atoms with van der Waals surface area (Å²) in [6.07, 6.45) is 4.34. The Morgan fingerprint density at radius 1 is 0.846 bits per heavy atom. The first-order valence-electron chi connectivity index (χ1n) is 18.7. The Hall–Kier alpha value is -4.24.